The number of methoxy groups -OCH3 is 1. The molecule has 1 rings (SSSR count). The van der Waals surface area contributed by atoms with Crippen molar-refractivity contribution in [3.05, 3.63) is 35.4 Å². The zero-order valence-corrected chi connectivity index (χ0v) is 13.0. The highest BCUT2D eigenvalue weighted by molar-refractivity contribution is 7.99. The van der Waals surface area contributed by atoms with Crippen LogP contribution in [0.5, 0.6) is 0 Å². The minimum atomic E-state index is -0.385. The predicted octanol–water partition coefficient (Wildman–Crippen LogP) is 2.25. The van der Waals surface area contributed by atoms with Crippen LogP contribution in [0.25, 0.3) is 0 Å². The van der Waals surface area contributed by atoms with E-state index in [0.717, 1.165) is 5.75 Å². The Bertz CT molecular complexity index is 445. The molecule has 0 heterocycles. The van der Waals surface area contributed by atoms with Crippen molar-refractivity contribution in [2.24, 2.45) is 0 Å². The normalized spacial score (nSPS) is 10.2. The third-order valence-electron chi connectivity index (χ3n) is 2.90. The molecule has 0 unspecified atom stereocenters. The molecule has 0 aliphatic carbocycles. The Labute approximate surface area is 124 Å². The van der Waals surface area contributed by atoms with Crippen molar-refractivity contribution in [1.82, 2.24) is 4.90 Å². The Kier molecular flexibility index (Phi) is 7.15. The molecule has 4 nitrogen and oxygen atoms in total. The number of rotatable bonds is 7. The minimum absolute atomic E-state index is 0.0247. The number of aryl methyl sites for hydroxylation is 1. The quantitative estimate of drug-likeness (QED) is 0.724. The number of amides is 1. The van der Waals surface area contributed by atoms with Gasteiger partial charge < -0.3 is 9.64 Å². The number of thioether (sulfide) groups is 1. The summed E-state index contributed by atoms with van der Waals surface area (Å²) in [6.07, 6.45) is 0. The van der Waals surface area contributed by atoms with E-state index in [-0.39, 0.29) is 18.4 Å². The summed E-state index contributed by atoms with van der Waals surface area (Å²) in [6, 6.07) is 8.26. The lowest BCUT2D eigenvalue weighted by Crippen LogP contribution is -2.37. The van der Waals surface area contributed by atoms with Crippen LogP contribution < -0.4 is 0 Å². The molecule has 0 radical (unpaired) electrons. The molecule has 0 aromatic heterocycles. The number of ether oxygens (including phenoxy) is 1. The molecule has 1 aromatic rings. The standard InChI is InChI=1S/C15H21NO3S/c1-4-16(9-15(18)19-3)14(17)11-20-10-13-7-5-12(2)6-8-13/h5-8H,4,9-11H2,1-3H3. The number of carbonyl (C=O) groups is 2. The van der Waals surface area contributed by atoms with E-state index in [1.165, 1.54) is 23.1 Å². The summed E-state index contributed by atoms with van der Waals surface area (Å²) in [6.45, 7) is 4.44. The van der Waals surface area contributed by atoms with Gasteiger partial charge in [0.2, 0.25) is 5.91 Å². The fraction of sp³-hybridized carbons (Fsp3) is 0.467. The first-order valence-electron chi connectivity index (χ1n) is 6.54. The number of benzene rings is 1. The molecule has 0 aliphatic heterocycles. The zero-order chi connectivity index (χ0) is 15.0. The molecule has 1 aromatic carbocycles. The second kappa shape index (κ2) is 8.64. The average molecular weight is 295 g/mol. The Morgan fingerprint density at radius 2 is 1.90 bits per heavy atom. The van der Waals surface area contributed by atoms with E-state index >= 15 is 0 Å². The third-order valence-corrected chi connectivity index (χ3v) is 3.89. The van der Waals surface area contributed by atoms with Crippen LogP contribution in [0.2, 0.25) is 0 Å². The van der Waals surface area contributed by atoms with Gasteiger partial charge >= 0.3 is 5.97 Å². The summed E-state index contributed by atoms with van der Waals surface area (Å²) in [5.41, 5.74) is 2.43. The number of hydrogen-bond acceptors (Lipinski definition) is 4. The smallest absolute Gasteiger partial charge is 0.325 e. The first-order valence-corrected chi connectivity index (χ1v) is 7.70. The lowest BCUT2D eigenvalue weighted by atomic mass is 10.2. The molecule has 0 saturated carbocycles. The van der Waals surface area contributed by atoms with Crippen LogP contribution in [-0.4, -0.2) is 42.7 Å². The summed E-state index contributed by atoms with van der Waals surface area (Å²) in [4.78, 5) is 24.7. The average Bonchev–Trinajstić information content (AvgIpc) is 2.46. The first kappa shape index (κ1) is 16.6. The largest absolute Gasteiger partial charge is 0.468 e. The van der Waals surface area contributed by atoms with Gasteiger partial charge in [-0.05, 0) is 19.4 Å². The van der Waals surface area contributed by atoms with E-state index < -0.39 is 0 Å². The molecule has 0 bridgehead atoms. The van der Waals surface area contributed by atoms with E-state index in [1.54, 1.807) is 11.8 Å². The molecular weight excluding hydrogens is 274 g/mol. The molecule has 0 atom stereocenters. The highest BCUT2D eigenvalue weighted by Crippen LogP contribution is 2.13. The number of nitrogens with zero attached hydrogens (tertiary/aromatic N) is 1. The number of carbonyl (C=O) groups excluding carboxylic acids is 2. The maximum absolute atomic E-state index is 12.0. The molecular formula is C15H21NO3S. The maximum atomic E-state index is 12.0. The van der Waals surface area contributed by atoms with Gasteiger partial charge in [-0.3, -0.25) is 9.59 Å². The molecule has 0 spiro atoms. The maximum Gasteiger partial charge on any atom is 0.325 e. The first-order chi connectivity index (χ1) is 9.56. The number of esters is 1. The highest BCUT2D eigenvalue weighted by Gasteiger charge is 2.15. The van der Waals surface area contributed by atoms with Gasteiger partial charge in [0.05, 0.1) is 12.9 Å². The van der Waals surface area contributed by atoms with Crippen molar-refractivity contribution in [1.29, 1.82) is 0 Å². The van der Waals surface area contributed by atoms with Crippen LogP contribution in [0.4, 0.5) is 0 Å². The summed E-state index contributed by atoms with van der Waals surface area (Å²) in [5.74, 6) is 0.749. The monoisotopic (exact) mass is 295 g/mol. The van der Waals surface area contributed by atoms with Gasteiger partial charge in [0.1, 0.15) is 6.54 Å². The van der Waals surface area contributed by atoms with Crippen LogP contribution in [0, 0.1) is 6.92 Å². The Morgan fingerprint density at radius 1 is 1.25 bits per heavy atom. The second-order valence-electron chi connectivity index (χ2n) is 4.46. The van der Waals surface area contributed by atoms with Crippen LogP contribution in [0.3, 0.4) is 0 Å². The Hall–Kier alpha value is -1.49. The van der Waals surface area contributed by atoms with Crippen LogP contribution in [-0.2, 0) is 20.1 Å². The lowest BCUT2D eigenvalue weighted by molar-refractivity contribution is -0.146. The summed E-state index contributed by atoms with van der Waals surface area (Å²) < 4.78 is 4.58. The van der Waals surface area contributed by atoms with Crippen molar-refractivity contribution in [2.75, 3.05) is 26.0 Å². The van der Waals surface area contributed by atoms with E-state index in [0.29, 0.717) is 12.3 Å². The fourth-order valence-corrected chi connectivity index (χ4v) is 2.52. The van der Waals surface area contributed by atoms with Crippen molar-refractivity contribution in [3.63, 3.8) is 0 Å². The SMILES string of the molecule is CCN(CC(=O)OC)C(=O)CSCc1ccc(C)cc1. The second-order valence-corrected chi connectivity index (χ2v) is 5.45. The molecule has 110 valence electrons. The Morgan fingerprint density at radius 3 is 2.45 bits per heavy atom. The van der Waals surface area contributed by atoms with E-state index in [1.807, 2.05) is 13.8 Å². The minimum Gasteiger partial charge on any atom is -0.468 e. The summed E-state index contributed by atoms with van der Waals surface area (Å²) >= 11 is 1.56. The van der Waals surface area contributed by atoms with E-state index in [4.69, 9.17) is 0 Å². The number of hydrogen-bond donors (Lipinski definition) is 0. The van der Waals surface area contributed by atoms with Gasteiger partial charge in [0.15, 0.2) is 0 Å². The molecule has 5 heteroatoms. The van der Waals surface area contributed by atoms with Crippen molar-refractivity contribution in [2.45, 2.75) is 19.6 Å². The van der Waals surface area contributed by atoms with E-state index in [2.05, 4.69) is 29.0 Å². The topological polar surface area (TPSA) is 46.6 Å². The molecule has 0 aliphatic rings. The van der Waals surface area contributed by atoms with Gasteiger partial charge in [-0.1, -0.05) is 29.8 Å². The number of likely N-dealkylation sites (N-methyl/N-ethyl adjacent to an activating group) is 1. The van der Waals surface area contributed by atoms with Crippen LogP contribution in [0.15, 0.2) is 24.3 Å². The van der Waals surface area contributed by atoms with Crippen LogP contribution in [0.1, 0.15) is 18.1 Å². The van der Waals surface area contributed by atoms with Crippen LogP contribution >= 0.6 is 11.8 Å². The zero-order valence-electron chi connectivity index (χ0n) is 12.2. The predicted molar refractivity (Wildman–Crippen MR) is 81.6 cm³/mol. The van der Waals surface area contributed by atoms with Crippen molar-refractivity contribution < 1.29 is 14.3 Å². The highest BCUT2D eigenvalue weighted by atomic mass is 32.2. The van der Waals surface area contributed by atoms with Crippen molar-refractivity contribution >= 4 is 23.6 Å². The summed E-state index contributed by atoms with van der Waals surface area (Å²) in [7, 11) is 1.33. The van der Waals surface area contributed by atoms with Gasteiger partial charge in [-0.25, -0.2) is 0 Å². The molecule has 0 saturated heterocycles. The third kappa shape index (κ3) is 5.65. The molecule has 0 N–H and O–H groups in total. The fourth-order valence-electron chi connectivity index (χ4n) is 1.63. The van der Waals surface area contributed by atoms with Gasteiger partial charge in [-0.2, -0.15) is 0 Å². The Balaban J connectivity index is 2.37. The molecule has 20 heavy (non-hydrogen) atoms. The lowest BCUT2D eigenvalue weighted by Gasteiger charge is -2.19. The van der Waals surface area contributed by atoms with E-state index in [9.17, 15) is 9.59 Å². The van der Waals surface area contributed by atoms with Crippen molar-refractivity contribution in [3.8, 4) is 0 Å². The van der Waals surface area contributed by atoms with Gasteiger partial charge in [-0.15, -0.1) is 11.8 Å². The summed E-state index contributed by atoms with van der Waals surface area (Å²) in [5, 5.41) is 0. The van der Waals surface area contributed by atoms with Gasteiger partial charge in [0.25, 0.3) is 0 Å². The molecule has 1 amide bonds. The van der Waals surface area contributed by atoms with Gasteiger partial charge in [0, 0.05) is 12.3 Å². The molecule has 0 fully saturated rings.